The lowest BCUT2D eigenvalue weighted by Crippen LogP contribution is -2.16. The van der Waals surface area contributed by atoms with Gasteiger partial charge in [-0.3, -0.25) is 10.1 Å². The van der Waals surface area contributed by atoms with Crippen molar-refractivity contribution in [2.45, 2.75) is 10.1 Å². The number of amides is 1. The lowest BCUT2D eigenvalue weighted by Gasteiger charge is -2.05. The Kier molecular flexibility index (Phi) is 6.33. The van der Waals surface area contributed by atoms with Crippen LogP contribution in [0.3, 0.4) is 0 Å². The molecule has 0 saturated carbocycles. The maximum atomic E-state index is 12.3. The van der Waals surface area contributed by atoms with Crippen LogP contribution in [0, 0.1) is 0 Å². The number of hydrogen-bond donors (Lipinski definition) is 2. The van der Waals surface area contributed by atoms with Gasteiger partial charge in [0.15, 0.2) is 4.34 Å². The largest absolute Gasteiger partial charge is 0.478 e. The number of carbonyl (C=O) groups is 2. The number of carbonyl (C=O) groups excluding carboxylic acids is 1. The zero-order chi connectivity index (χ0) is 19.4. The number of anilines is 1. The predicted molar refractivity (Wildman–Crippen MR) is 107 cm³/mol. The second-order valence-corrected chi connectivity index (χ2v) is 8.18. The minimum absolute atomic E-state index is 0.0530. The van der Waals surface area contributed by atoms with Crippen LogP contribution < -0.4 is 5.32 Å². The molecule has 0 spiro atoms. The Bertz CT molecular complexity index is 990. The number of benzene rings is 2. The highest BCUT2D eigenvalue weighted by atomic mass is 35.5. The number of nitrogens with one attached hydrogen (secondary N) is 1. The van der Waals surface area contributed by atoms with Gasteiger partial charge < -0.3 is 5.11 Å². The summed E-state index contributed by atoms with van der Waals surface area (Å²) in [5, 5.41) is 21.1. The fourth-order valence-corrected chi connectivity index (χ4v) is 4.64. The average Bonchev–Trinajstić information content (AvgIpc) is 3.08. The molecule has 3 rings (SSSR count). The average molecular weight is 440 g/mol. The third kappa shape index (κ3) is 4.78. The van der Waals surface area contributed by atoms with Crippen LogP contribution >= 0.6 is 46.3 Å². The summed E-state index contributed by atoms with van der Waals surface area (Å²) in [7, 11) is 0. The number of aromatic nitrogens is 2. The fraction of sp³-hybridized carbons (Fsp3) is 0.0588. The molecule has 1 aromatic heterocycles. The Labute approximate surface area is 172 Å². The van der Waals surface area contributed by atoms with E-state index in [1.165, 1.54) is 35.2 Å². The van der Waals surface area contributed by atoms with Gasteiger partial charge in [-0.25, -0.2) is 4.79 Å². The first-order valence-corrected chi connectivity index (χ1v) is 10.0. The number of hydrogen-bond acceptors (Lipinski definition) is 6. The van der Waals surface area contributed by atoms with E-state index in [1.807, 2.05) is 0 Å². The van der Waals surface area contributed by atoms with Gasteiger partial charge in [-0.1, -0.05) is 64.5 Å². The predicted octanol–water partition coefficient (Wildman–Crippen LogP) is 5.09. The highest BCUT2D eigenvalue weighted by Gasteiger charge is 2.17. The summed E-state index contributed by atoms with van der Waals surface area (Å²) in [6.07, 6.45) is 0. The SMILES string of the molecule is O=C(O)c1ccccc1C(=O)Nc1nnc(SCc2c(Cl)cccc2Cl)s1. The second-order valence-electron chi connectivity index (χ2n) is 5.17. The molecule has 0 radical (unpaired) electrons. The lowest BCUT2D eigenvalue weighted by atomic mass is 10.1. The summed E-state index contributed by atoms with van der Waals surface area (Å²) >= 11 is 14.8. The molecule has 0 fully saturated rings. The van der Waals surface area contributed by atoms with Gasteiger partial charge in [-0.2, -0.15) is 0 Å². The minimum Gasteiger partial charge on any atom is -0.478 e. The molecule has 0 bridgehead atoms. The summed E-state index contributed by atoms with van der Waals surface area (Å²) in [5.74, 6) is -1.23. The van der Waals surface area contributed by atoms with Crippen molar-refractivity contribution in [2.24, 2.45) is 0 Å². The molecule has 1 amide bonds. The molecule has 0 aliphatic rings. The molecular formula is C17H11Cl2N3O3S2. The number of aromatic carboxylic acids is 1. The van der Waals surface area contributed by atoms with Crippen LogP contribution in [0.4, 0.5) is 5.13 Å². The van der Waals surface area contributed by atoms with E-state index in [2.05, 4.69) is 15.5 Å². The van der Waals surface area contributed by atoms with Crippen LogP contribution in [-0.2, 0) is 5.75 Å². The minimum atomic E-state index is -1.18. The monoisotopic (exact) mass is 439 g/mol. The van der Waals surface area contributed by atoms with E-state index in [1.54, 1.807) is 30.3 Å². The first-order valence-electron chi connectivity index (χ1n) is 7.48. The Morgan fingerprint density at radius 3 is 2.37 bits per heavy atom. The third-order valence-corrected chi connectivity index (χ3v) is 6.14. The number of carboxylic acids is 1. The van der Waals surface area contributed by atoms with Crippen LogP contribution in [-0.4, -0.2) is 27.2 Å². The Hall–Kier alpha value is -2.13. The maximum absolute atomic E-state index is 12.3. The number of carboxylic acid groups (broad SMARTS) is 1. The molecule has 0 aliphatic heterocycles. The zero-order valence-corrected chi connectivity index (χ0v) is 16.6. The van der Waals surface area contributed by atoms with Gasteiger partial charge in [-0.05, 0) is 29.8 Å². The van der Waals surface area contributed by atoms with E-state index in [9.17, 15) is 14.7 Å². The first-order chi connectivity index (χ1) is 13.0. The maximum Gasteiger partial charge on any atom is 0.336 e. The molecular weight excluding hydrogens is 429 g/mol. The Morgan fingerprint density at radius 2 is 1.70 bits per heavy atom. The quantitative estimate of drug-likeness (QED) is 0.410. The van der Waals surface area contributed by atoms with Crippen LogP contribution in [0.1, 0.15) is 26.3 Å². The van der Waals surface area contributed by atoms with Gasteiger partial charge in [0.05, 0.1) is 11.1 Å². The van der Waals surface area contributed by atoms with Gasteiger partial charge in [-0.15, -0.1) is 10.2 Å². The standard InChI is InChI=1S/C17H11Cl2N3O3S2/c18-12-6-3-7-13(19)11(12)8-26-17-22-21-16(27-17)20-14(23)9-4-1-2-5-10(9)15(24)25/h1-7H,8H2,(H,24,25)(H,20,21,23). The second kappa shape index (κ2) is 8.71. The van der Waals surface area contributed by atoms with Crippen molar-refractivity contribution in [3.63, 3.8) is 0 Å². The van der Waals surface area contributed by atoms with E-state index in [0.717, 1.165) is 5.56 Å². The van der Waals surface area contributed by atoms with Gasteiger partial charge in [0.25, 0.3) is 5.91 Å². The molecule has 2 N–H and O–H groups in total. The van der Waals surface area contributed by atoms with Crippen molar-refractivity contribution in [3.05, 3.63) is 69.2 Å². The number of rotatable bonds is 6. The van der Waals surface area contributed by atoms with Gasteiger partial charge in [0.1, 0.15) is 0 Å². The molecule has 0 unspecified atom stereocenters. The Balaban J connectivity index is 1.68. The van der Waals surface area contributed by atoms with Crippen molar-refractivity contribution < 1.29 is 14.7 Å². The van der Waals surface area contributed by atoms with Gasteiger partial charge in [0, 0.05) is 15.8 Å². The van der Waals surface area contributed by atoms with Gasteiger partial charge in [0.2, 0.25) is 5.13 Å². The lowest BCUT2D eigenvalue weighted by molar-refractivity contribution is 0.0692. The molecule has 0 atom stereocenters. The topological polar surface area (TPSA) is 92.2 Å². The van der Waals surface area contributed by atoms with Gasteiger partial charge >= 0.3 is 5.97 Å². The smallest absolute Gasteiger partial charge is 0.336 e. The van der Waals surface area contributed by atoms with E-state index in [-0.39, 0.29) is 16.3 Å². The van der Waals surface area contributed by atoms with Crippen LogP contribution in [0.25, 0.3) is 0 Å². The number of thioether (sulfide) groups is 1. The molecule has 138 valence electrons. The van der Waals surface area contributed by atoms with E-state index < -0.39 is 11.9 Å². The summed E-state index contributed by atoms with van der Waals surface area (Å²) in [6, 6.07) is 11.2. The number of halogens is 2. The van der Waals surface area contributed by atoms with E-state index in [4.69, 9.17) is 23.2 Å². The zero-order valence-electron chi connectivity index (χ0n) is 13.5. The summed E-state index contributed by atoms with van der Waals surface area (Å²) in [5.41, 5.74) is 0.765. The van der Waals surface area contributed by atoms with Crippen molar-refractivity contribution in [2.75, 3.05) is 5.32 Å². The first kappa shape index (κ1) is 19.6. The van der Waals surface area contributed by atoms with E-state index >= 15 is 0 Å². The van der Waals surface area contributed by atoms with Crippen molar-refractivity contribution in [1.82, 2.24) is 10.2 Å². The molecule has 6 nitrogen and oxygen atoms in total. The molecule has 27 heavy (non-hydrogen) atoms. The van der Waals surface area contributed by atoms with Crippen LogP contribution in [0.5, 0.6) is 0 Å². The van der Waals surface area contributed by atoms with E-state index in [0.29, 0.717) is 20.1 Å². The summed E-state index contributed by atoms with van der Waals surface area (Å²) < 4.78 is 0.618. The van der Waals surface area contributed by atoms with Crippen LogP contribution in [0.15, 0.2) is 46.8 Å². The molecule has 0 aliphatic carbocycles. The normalized spacial score (nSPS) is 10.6. The highest BCUT2D eigenvalue weighted by Crippen LogP contribution is 2.33. The van der Waals surface area contributed by atoms with Crippen molar-refractivity contribution >= 4 is 63.3 Å². The molecule has 1 heterocycles. The summed E-state index contributed by atoms with van der Waals surface area (Å²) in [4.78, 5) is 23.6. The van der Waals surface area contributed by atoms with Crippen molar-refractivity contribution in [1.29, 1.82) is 0 Å². The van der Waals surface area contributed by atoms with Crippen LogP contribution in [0.2, 0.25) is 10.0 Å². The van der Waals surface area contributed by atoms with Crippen molar-refractivity contribution in [3.8, 4) is 0 Å². The molecule has 3 aromatic rings. The third-order valence-electron chi connectivity index (χ3n) is 3.43. The fourth-order valence-electron chi connectivity index (χ4n) is 2.15. The number of nitrogens with zero attached hydrogens (tertiary/aromatic N) is 2. The molecule has 10 heteroatoms. The Morgan fingerprint density at radius 1 is 1.04 bits per heavy atom. The summed E-state index contributed by atoms with van der Waals surface area (Å²) in [6.45, 7) is 0. The molecule has 2 aromatic carbocycles. The highest BCUT2D eigenvalue weighted by molar-refractivity contribution is 8.00. The molecule has 0 saturated heterocycles.